The minimum Gasteiger partial charge on any atom is -0.444 e. The zero-order chi connectivity index (χ0) is 15.2. The minimum absolute atomic E-state index is 0.0442. The van der Waals surface area contributed by atoms with E-state index in [0.717, 1.165) is 0 Å². The third-order valence-electron chi connectivity index (χ3n) is 2.25. The number of hydrogen-bond donors (Lipinski definition) is 1. The summed E-state index contributed by atoms with van der Waals surface area (Å²) in [5.74, 6) is -0.0442. The lowest BCUT2D eigenvalue weighted by atomic mass is 10.1. The fraction of sp³-hybridized carbons (Fsp3) is 0.500. The highest BCUT2D eigenvalue weighted by Gasteiger charge is 2.15. The van der Waals surface area contributed by atoms with Crippen molar-refractivity contribution >= 4 is 27.8 Å². The molecule has 20 heavy (non-hydrogen) atoms. The van der Waals surface area contributed by atoms with Crippen molar-refractivity contribution in [2.24, 2.45) is 0 Å². The van der Waals surface area contributed by atoms with Gasteiger partial charge in [-0.1, -0.05) is 6.07 Å². The Kier molecular flexibility index (Phi) is 6.13. The van der Waals surface area contributed by atoms with E-state index in [1.54, 1.807) is 39.0 Å². The standard InChI is InChI=1S/C14H19BrN2O3/c1-14(2,3)20-13(19)16-9-5-7-11(18)10-6-4-8-12(15)17-10/h4,6,8H,5,7,9H2,1-3H3,(H,16,19). The van der Waals surface area contributed by atoms with Gasteiger partial charge in [-0.25, -0.2) is 9.78 Å². The molecule has 1 aromatic rings. The van der Waals surface area contributed by atoms with Crippen molar-refractivity contribution in [2.75, 3.05) is 6.54 Å². The zero-order valence-corrected chi connectivity index (χ0v) is 13.5. The number of halogens is 1. The van der Waals surface area contributed by atoms with Gasteiger partial charge in [-0.15, -0.1) is 0 Å². The lowest BCUT2D eigenvalue weighted by molar-refractivity contribution is 0.0525. The molecule has 1 rings (SSSR count). The van der Waals surface area contributed by atoms with E-state index in [1.165, 1.54) is 0 Å². The summed E-state index contributed by atoms with van der Waals surface area (Å²) in [5.41, 5.74) is -0.0863. The van der Waals surface area contributed by atoms with Gasteiger partial charge in [0.1, 0.15) is 15.9 Å². The topological polar surface area (TPSA) is 68.3 Å². The highest BCUT2D eigenvalue weighted by molar-refractivity contribution is 9.10. The van der Waals surface area contributed by atoms with Crippen LogP contribution in [0.3, 0.4) is 0 Å². The SMILES string of the molecule is CC(C)(C)OC(=O)NCCCC(=O)c1cccc(Br)n1. The van der Waals surface area contributed by atoms with Crippen molar-refractivity contribution in [3.8, 4) is 0 Å². The van der Waals surface area contributed by atoms with E-state index in [0.29, 0.717) is 29.7 Å². The first-order chi connectivity index (χ1) is 9.28. The predicted octanol–water partition coefficient (Wildman–Crippen LogP) is 3.33. The lowest BCUT2D eigenvalue weighted by Crippen LogP contribution is -2.33. The molecule has 0 saturated carbocycles. The number of alkyl carbamates (subject to hydrolysis) is 1. The molecule has 0 aromatic carbocycles. The summed E-state index contributed by atoms with van der Waals surface area (Å²) in [5, 5.41) is 2.61. The van der Waals surface area contributed by atoms with Gasteiger partial charge in [0.25, 0.3) is 0 Å². The van der Waals surface area contributed by atoms with Crippen LogP contribution in [0.15, 0.2) is 22.8 Å². The van der Waals surface area contributed by atoms with Crippen LogP contribution in [-0.2, 0) is 4.74 Å². The van der Waals surface area contributed by atoms with Gasteiger partial charge in [-0.05, 0) is 55.3 Å². The first kappa shape index (κ1) is 16.6. The summed E-state index contributed by atoms with van der Waals surface area (Å²) >= 11 is 3.22. The van der Waals surface area contributed by atoms with E-state index < -0.39 is 11.7 Å². The second-order valence-corrected chi connectivity index (χ2v) is 6.11. The average molecular weight is 343 g/mol. The molecule has 0 fully saturated rings. The Morgan fingerprint density at radius 1 is 1.35 bits per heavy atom. The highest BCUT2D eigenvalue weighted by Crippen LogP contribution is 2.09. The largest absolute Gasteiger partial charge is 0.444 e. The highest BCUT2D eigenvalue weighted by atomic mass is 79.9. The Bertz CT molecular complexity index is 484. The first-order valence-electron chi connectivity index (χ1n) is 6.40. The number of Topliss-reactive ketones (excluding diaryl/α,β-unsaturated/α-hetero) is 1. The van der Waals surface area contributed by atoms with Gasteiger partial charge in [0.2, 0.25) is 0 Å². The van der Waals surface area contributed by atoms with Crippen molar-refractivity contribution in [2.45, 2.75) is 39.2 Å². The maximum atomic E-state index is 11.8. The number of ketones is 1. The molecule has 1 amide bonds. The van der Waals surface area contributed by atoms with Crippen molar-refractivity contribution in [1.29, 1.82) is 0 Å². The van der Waals surface area contributed by atoms with Gasteiger partial charge >= 0.3 is 6.09 Å². The lowest BCUT2D eigenvalue weighted by Gasteiger charge is -2.19. The van der Waals surface area contributed by atoms with E-state index in [1.807, 2.05) is 0 Å². The average Bonchev–Trinajstić information content (AvgIpc) is 2.32. The molecule has 0 bridgehead atoms. The van der Waals surface area contributed by atoms with Crippen LogP contribution in [0.5, 0.6) is 0 Å². The van der Waals surface area contributed by atoms with Crippen LogP contribution in [0.25, 0.3) is 0 Å². The molecule has 0 saturated heterocycles. The summed E-state index contributed by atoms with van der Waals surface area (Å²) in [6, 6.07) is 5.21. The van der Waals surface area contributed by atoms with Crippen LogP contribution in [0.2, 0.25) is 0 Å². The van der Waals surface area contributed by atoms with Crippen LogP contribution in [0, 0.1) is 0 Å². The monoisotopic (exact) mass is 342 g/mol. The molecule has 6 heteroatoms. The summed E-state index contributed by atoms with van der Waals surface area (Å²) in [4.78, 5) is 27.3. The van der Waals surface area contributed by atoms with Crippen LogP contribution < -0.4 is 5.32 Å². The van der Waals surface area contributed by atoms with Gasteiger partial charge in [-0.2, -0.15) is 0 Å². The zero-order valence-electron chi connectivity index (χ0n) is 11.9. The van der Waals surface area contributed by atoms with Crippen molar-refractivity contribution in [3.63, 3.8) is 0 Å². The Morgan fingerprint density at radius 3 is 2.65 bits per heavy atom. The van der Waals surface area contributed by atoms with Crippen molar-refractivity contribution in [3.05, 3.63) is 28.5 Å². The normalized spacial score (nSPS) is 11.0. The molecule has 0 aliphatic rings. The van der Waals surface area contributed by atoms with E-state index in [9.17, 15) is 9.59 Å². The molecule has 0 aliphatic carbocycles. The molecule has 1 N–H and O–H groups in total. The van der Waals surface area contributed by atoms with E-state index in [2.05, 4.69) is 26.2 Å². The third-order valence-corrected chi connectivity index (χ3v) is 2.69. The molecular weight excluding hydrogens is 324 g/mol. The number of hydrogen-bond acceptors (Lipinski definition) is 4. The number of carbonyl (C=O) groups excluding carboxylic acids is 2. The number of rotatable bonds is 5. The Labute approximate surface area is 127 Å². The number of amides is 1. The Balaban J connectivity index is 2.28. The molecule has 5 nitrogen and oxygen atoms in total. The predicted molar refractivity (Wildman–Crippen MR) is 79.7 cm³/mol. The van der Waals surface area contributed by atoms with Crippen LogP contribution in [-0.4, -0.2) is 29.0 Å². The second-order valence-electron chi connectivity index (χ2n) is 5.30. The second kappa shape index (κ2) is 7.38. The first-order valence-corrected chi connectivity index (χ1v) is 7.20. The summed E-state index contributed by atoms with van der Waals surface area (Å²) in [7, 11) is 0. The van der Waals surface area contributed by atoms with Crippen LogP contribution >= 0.6 is 15.9 Å². The van der Waals surface area contributed by atoms with E-state index in [-0.39, 0.29) is 5.78 Å². The minimum atomic E-state index is -0.514. The number of aromatic nitrogens is 1. The number of carbonyl (C=O) groups is 2. The maximum Gasteiger partial charge on any atom is 0.407 e. The van der Waals surface area contributed by atoms with Gasteiger partial charge in [0.15, 0.2) is 5.78 Å². The van der Waals surface area contributed by atoms with E-state index in [4.69, 9.17) is 4.74 Å². The fourth-order valence-electron chi connectivity index (χ4n) is 1.45. The van der Waals surface area contributed by atoms with Gasteiger partial charge in [0.05, 0.1) is 0 Å². The smallest absolute Gasteiger partial charge is 0.407 e. The molecule has 110 valence electrons. The van der Waals surface area contributed by atoms with Crippen molar-refractivity contribution in [1.82, 2.24) is 10.3 Å². The molecule has 1 aromatic heterocycles. The number of nitrogens with one attached hydrogen (secondary N) is 1. The summed E-state index contributed by atoms with van der Waals surface area (Å²) < 4.78 is 5.73. The molecule has 0 spiro atoms. The Morgan fingerprint density at radius 2 is 2.05 bits per heavy atom. The quantitative estimate of drug-likeness (QED) is 0.506. The van der Waals surface area contributed by atoms with Gasteiger partial charge < -0.3 is 10.1 Å². The summed E-state index contributed by atoms with van der Waals surface area (Å²) in [6.07, 6.45) is 0.413. The van der Waals surface area contributed by atoms with Gasteiger partial charge in [-0.3, -0.25) is 4.79 Å². The number of pyridine rings is 1. The Hall–Kier alpha value is -1.43. The van der Waals surface area contributed by atoms with Crippen LogP contribution in [0.1, 0.15) is 44.1 Å². The molecule has 1 heterocycles. The molecule has 0 atom stereocenters. The number of nitrogens with zero attached hydrogens (tertiary/aromatic N) is 1. The van der Waals surface area contributed by atoms with Crippen molar-refractivity contribution < 1.29 is 14.3 Å². The maximum absolute atomic E-state index is 11.8. The van der Waals surface area contributed by atoms with Gasteiger partial charge in [0, 0.05) is 13.0 Å². The summed E-state index contributed by atoms with van der Waals surface area (Å²) in [6.45, 7) is 5.80. The number of ether oxygens (including phenoxy) is 1. The molecule has 0 unspecified atom stereocenters. The van der Waals surface area contributed by atoms with E-state index >= 15 is 0 Å². The molecule has 0 aliphatic heterocycles. The fourth-order valence-corrected chi connectivity index (χ4v) is 1.79. The molecular formula is C14H19BrN2O3. The molecule has 0 radical (unpaired) electrons. The van der Waals surface area contributed by atoms with Crippen LogP contribution in [0.4, 0.5) is 4.79 Å². The third kappa shape index (κ3) is 6.65.